The molecule has 3 heteroatoms. The van der Waals surface area contributed by atoms with Gasteiger partial charge >= 0.3 is 5.97 Å². The van der Waals surface area contributed by atoms with Gasteiger partial charge in [-0.2, -0.15) is 0 Å². The first-order valence-electron chi connectivity index (χ1n) is 6.49. The average molecular weight is 227 g/mol. The van der Waals surface area contributed by atoms with E-state index in [9.17, 15) is 4.79 Å². The molecule has 0 bridgehead atoms. The summed E-state index contributed by atoms with van der Waals surface area (Å²) in [5.41, 5.74) is 0. The Morgan fingerprint density at radius 3 is 2.56 bits per heavy atom. The Hall–Kier alpha value is -0.570. The van der Waals surface area contributed by atoms with Crippen LogP contribution in [0.4, 0.5) is 0 Å². The molecule has 0 aromatic carbocycles. The first kappa shape index (κ1) is 13.5. The highest BCUT2D eigenvalue weighted by Gasteiger charge is 2.15. The summed E-state index contributed by atoms with van der Waals surface area (Å²) in [6.45, 7) is 9.53. The molecule has 0 aliphatic carbocycles. The first-order chi connectivity index (χ1) is 7.58. The highest BCUT2D eigenvalue weighted by Crippen LogP contribution is 2.16. The summed E-state index contributed by atoms with van der Waals surface area (Å²) >= 11 is 0. The van der Waals surface area contributed by atoms with Crippen molar-refractivity contribution in [1.82, 2.24) is 4.90 Å². The van der Waals surface area contributed by atoms with E-state index in [1.54, 1.807) is 0 Å². The second-order valence-corrected chi connectivity index (χ2v) is 5.17. The highest BCUT2D eigenvalue weighted by atomic mass is 16.5. The highest BCUT2D eigenvalue weighted by molar-refractivity contribution is 5.69. The van der Waals surface area contributed by atoms with Gasteiger partial charge in [0.05, 0.1) is 6.10 Å². The molecular formula is C13H25NO2. The number of hydrogen-bond acceptors (Lipinski definition) is 3. The largest absolute Gasteiger partial charge is 0.463 e. The minimum Gasteiger partial charge on any atom is -0.463 e. The lowest BCUT2D eigenvalue weighted by Gasteiger charge is -2.29. The lowest BCUT2D eigenvalue weighted by atomic mass is 9.99. The molecule has 94 valence electrons. The topological polar surface area (TPSA) is 29.5 Å². The Bertz CT molecular complexity index is 208. The number of carbonyl (C=O) groups is 1. The molecule has 1 saturated heterocycles. The van der Waals surface area contributed by atoms with Crippen molar-refractivity contribution in [2.75, 3.05) is 19.6 Å². The van der Waals surface area contributed by atoms with Gasteiger partial charge in [-0.15, -0.1) is 0 Å². The number of hydrogen-bond donors (Lipinski definition) is 0. The predicted molar refractivity (Wildman–Crippen MR) is 65.3 cm³/mol. The molecule has 0 radical (unpaired) electrons. The molecule has 0 aromatic rings. The zero-order valence-corrected chi connectivity index (χ0v) is 10.9. The van der Waals surface area contributed by atoms with Gasteiger partial charge in [0.15, 0.2) is 0 Å². The van der Waals surface area contributed by atoms with Gasteiger partial charge < -0.3 is 9.64 Å². The number of esters is 1. The van der Waals surface area contributed by atoms with Gasteiger partial charge in [-0.25, -0.2) is 0 Å². The number of ether oxygens (including phenoxy) is 1. The van der Waals surface area contributed by atoms with Crippen LogP contribution in [0.2, 0.25) is 0 Å². The van der Waals surface area contributed by atoms with Gasteiger partial charge in [0.25, 0.3) is 0 Å². The molecule has 0 N–H and O–H groups in total. The SMILES string of the molecule is CC1CCN(CCCC(=O)OC(C)C)CC1. The maximum atomic E-state index is 11.3. The molecular weight excluding hydrogens is 202 g/mol. The van der Waals surface area contributed by atoms with Crippen LogP contribution in [0.5, 0.6) is 0 Å². The summed E-state index contributed by atoms with van der Waals surface area (Å²) in [5, 5.41) is 0. The third kappa shape index (κ3) is 5.50. The van der Waals surface area contributed by atoms with Gasteiger partial charge in [0, 0.05) is 6.42 Å². The van der Waals surface area contributed by atoms with E-state index in [0.29, 0.717) is 6.42 Å². The zero-order valence-electron chi connectivity index (χ0n) is 10.9. The van der Waals surface area contributed by atoms with Crippen molar-refractivity contribution in [2.45, 2.75) is 52.6 Å². The van der Waals surface area contributed by atoms with Crippen LogP contribution < -0.4 is 0 Å². The lowest BCUT2D eigenvalue weighted by Crippen LogP contribution is -2.33. The number of piperidine rings is 1. The fourth-order valence-electron chi connectivity index (χ4n) is 2.05. The summed E-state index contributed by atoms with van der Waals surface area (Å²) in [6.07, 6.45) is 4.11. The molecule has 0 unspecified atom stereocenters. The molecule has 16 heavy (non-hydrogen) atoms. The molecule has 0 amide bonds. The van der Waals surface area contributed by atoms with Gasteiger partial charge in [-0.3, -0.25) is 4.79 Å². The normalized spacial score (nSPS) is 19.0. The van der Waals surface area contributed by atoms with E-state index in [-0.39, 0.29) is 12.1 Å². The molecule has 0 saturated carbocycles. The van der Waals surface area contributed by atoms with E-state index < -0.39 is 0 Å². The lowest BCUT2D eigenvalue weighted by molar-refractivity contribution is -0.147. The Kier molecular flexibility index (Phi) is 5.81. The van der Waals surface area contributed by atoms with Crippen LogP contribution in [0.3, 0.4) is 0 Å². The summed E-state index contributed by atoms with van der Waals surface area (Å²) in [7, 11) is 0. The summed E-state index contributed by atoms with van der Waals surface area (Å²) in [4.78, 5) is 13.8. The predicted octanol–water partition coefficient (Wildman–Crippen LogP) is 2.45. The first-order valence-corrected chi connectivity index (χ1v) is 6.49. The van der Waals surface area contributed by atoms with Crippen LogP contribution in [0.25, 0.3) is 0 Å². The summed E-state index contributed by atoms with van der Waals surface area (Å²) < 4.78 is 5.10. The second kappa shape index (κ2) is 6.89. The molecule has 1 heterocycles. The molecule has 0 aromatic heterocycles. The van der Waals surface area contributed by atoms with Crippen molar-refractivity contribution in [3.05, 3.63) is 0 Å². The van der Waals surface area contributed by atoms with Crippen molar-refractivity contribution >= 4 is 5.97 Å². The molecule has 0 spiro atoms. The third-order valence-corrected chi connectivity index (χ3v) is 3.10. The molecule has 1 rings (SSSR count). The molecule has 3 nitrogen and oxygen atoms in total. The van der Waals surface area contributed by atoms with Crippen LogP contribution in [-0.4, -0.2) is 36.6 Å². The van der Waals surface area contributed by atoms with Crippen molar-refractivity contribution in [3.8, 4) is 0 Å². The van der Waals surface area contributed by atoms with E-state index in [0.717, 1.165) is 18.9 Å². The van der Waals surface area contributed by atoms with Gasteiger partial charge in [-0.1, -0.05) is 6.92 Å². The second-order valence-electron chi connectivity index (χ2n) is 5.17. The van der Waals surface area contributed by atoms with Crippen molar-refractivity contribution in [2.24, 2.45) is 5.92 Å². The van der Waals surface area contributed by atoms with Crippen LogP contribution in [0.15, 0.2) is 0 Å². The van der Waals surface area contributed by atoms with Crippen LogP contribution >= 0.6 is 0 Å². The number of rotatable bonds is 5. The van der Waals surface area contributed by atoms with Gasteiger partial charge in [0.1, 0.15) is 0 Å². The van der Waals surface area contributed by atoms with Gasteiger partial charge in [-0.05, 0) is 58.7 Å². The van der Waals surface area contributed by atoms with Crippen LogP contribution in [0, 0.1) is 5.92 Å². The van der Waals surface area contributed by atoms with Crippen molar-refractivity contribution < 1.29 is 9.53 Å². The Labute approximate surface area is 99.1 Å². The monoisotopic (exact) mass is 227 g/mol. The van der Waals surface area contributed by atoms with Crippen molar-refractivity contribution in [3.63, 3.8) is 0 Å². The van der Waals surface area contributed by atoms with E-state index in [4.69, 9.17) is 4.74 Å². The smallest absolute Gasteiger partial charge is 0.306 e. The van der Waals surface area contributed by atoms with Crippen LogP contribution in [0.1, 0.15) is 46.5 Å². The minimum absolute atomic E-state index is 0.0170. The van der Waals surface area contributed by atoms with Gasteiger partial charge in [0.2, 0.25) is 0 Å². The Balaban J connectivity index is 2.04. The maximum Gasteiger partial charge on any atom is 0.306 e. The fourth-order valence-corrected chi connectivity index (χ4v) is 2.05. The van der Waals surface area contributed by atoms with E-state index in [1.165, 1.54) is 25.9 Å². The molecule has 1 fully saturated rings. The quantitative estimate of drug-likeness (QED) is 0.676. The summed E-state index contributed by atoms with van der Waals surface area (Å²) in [5.74, 6) is 0.822. The fraction of sp³-hybridized carbons (Fsp3) is 0.923. The molecule has 1 aliphatic rings. The standard InChI is InChI=1S/C13H25NO2/c1-11(2)16-13(15)5-4-8-14-9-6-12(3)7-10-14/h11-12H,4-10H2,1-3H3. The Morgan fingerprint density at radius 2 is 2.00 bits per heavy atom. The maximum absolute atomic E-state index is 11.3. The zero-order chi connectivity index (χ0) is 12.0. The molecule has 1 aliphatic heterocycles. The average Bonchev–Trinajstić information content (AvgIpc) is 2.20. The number of nitrogens with zero attached hydrogens (tertiary/aromatic N) is 1. The Morgan fingerprint density at radius 1 is 1.38 bits per heavy atom. The van der Waals surface area contributed by atoms with Crippen molar-refractivity contribution in [1.29, 1.82) is 0 Å². The van der Waals surface area contributed by atoms with Crippen LogP contribution in [-0.2, 0) is 9.53 Å². The molecule has 0 atom stereocenters. The van der Waals surface area contributed by atoms with E-state index >= 15 is 0 Å². The van der Waals surface area contributed by atoms with E-state index in [2.05, 4.69) is 11.8 Å². The number of likely N-dealkylation sites (tertiary alicyclic amines) is 1. The summed E-state index contributed by atoms with van der Waals surface area (Å²) in [6, 6.07) is 0. The third-order valence-electron chi connectivity index (χ3n) is 3.10. The van der Waals surface area contributed by atoms with E-state index in [1.807, 2.05) is 13.8 Å². The number of carbonyl (C=O) groups excluding carboxylic acids is 1. The minimum atomic E-state index is -0.0552.